The van der Waals surface area contributed by atoms with Crippen LogP contribution in [0.1, 0.15) is 58.6 Å². The Hall–Kier alpha value is -1.32. The molecular weight excluding hydrogens is 248 g/mol. The zero-order valence-electron chi connectivity index (χ0n) is 13.6. The van der Waals surface area contributed by atoms with Crippen LogP contribution in [0.25, 0.3) is 0 Å². The van der Waals surface area contributed by atoms with E-state index in [0.717, 1.165) is 43.5 Å². The molecule has 1 heterocycles. The number of hydrogen-bond acceptors (Lipinski definition) is 4. The van der Waals surface area contributed by atoms with Crippen LogP contribution in [0.4, 0.5) is 11.8 Å². The number of nitrogens with one attached hydrogen (secondary N) is 1. The fourth-order valence-corrected chi connectivity index (χ4v) is 2.07. The lowest BCUT2D eigenvalue weighted by Gasteiger charge is -2.24. The quantitative estimate of drug-likeness (QED) is 0.702. The van der Waals surface area contributed by atoms with Crippen molar-refractivity contribution in [2.24, 2.45) is 0 Å². The van der Waals surface area contributed by atoms with Gasteiger partial charge in [-0.05, 0) is 26.2 Å². The summed E-state index contributed by atoms with van der Waals surface area (Å²) in [7, 11) is 0. The first-order valence-electron chi connectivity index (χ1n) is 8.05. The highest BCUT2D eigenvalue weighted by Crippen LogP contribution is 2.16. The molecule has 20 heavy (non-hydrogen) atoms. The molecule has 114 valence electrons. The van der Waals surface area contributed by atoms with Crippen molar-refractivity contribution in [3.63, 3.8) is 0 Å². The summed E-state index contributed by atoms with van der Waals surface area (Å²) in [5, 5.41) is 3.29. The number of nitrogens with zero attached hydrogens (tertiary/aromatic N) is 3. The van der Waals surface area contributed by atoms with Gasteiger partial charge in [0.25, 0.3) is 0 Å². The van der Waals surface area contributed by atoms with E-state index < -0.39 is 0 Å². The average Bonchev–Trinajstić information content (AvgIpc) is 2.44. The summed E-state index contributed by atoms with van der Waals surface area (Å²) in [6.45, 7) is 11.8. The second-order valence-corrected chi connectivity index (χ2v) is 5.31. The van der Waals surface area contributed by atoms with E-state index >= 15 is 0 Å². The molecule has 4 heteroatoms. The summed E-state index contributed by atoms with van der Waals surface area (Å²) in [6.07, 6.45) is 5.94. The molecule has 0 saturated carbocycles. The Kier molecular flexibility index (Phi) is 8.00. The lowest BCUT2D eigenvalue weighted by atomic mass is 10.2. The second-order valence-electron chi connectivity index (χ2n) is 5.31. The molecule has 0 aromatic carbocycles. The molecule has 0 bridgehead atoms. The third-order valence-corrected chi connectivity index (χ3v) is 3.26. The minimum Gasteiger partial charge on any atom is -0.356 e. The smallest absolute Gasteiger partial charge is 0.224 e. The molecule has 0 fully saturated rings. The maximum atomic E-state index is 4.68. The summed E-state index contributed by atoms with van der Waals surface area (Å²) in [5.41, 5.74) is 1.03. The summed E-state index contributed by atoms with van der Waals surface area (Å²) < 4.78 is 0. The van der Waals surface area contributed by atoms with E-state index in [-0.39, 0.29) is 0 Å². The highest BCUT2D eigenvalue weighted by molar-refractivity contribution is 5.44. The van der Waals surface area contributed by atoms with Gasteiger partial charge in [-0.2, -0.15) is 4.98 Å². The van der Waals surface area contributed by atoms with Crippen LogP contribution in [0.5, 0.6) is 0 Å². The van der Waals surface area contributed by atoms with Crippen molar-refractivity contribution in [2.45, 2.75) is 59.8 Å². The van der Waals surface area contributed by atoms with E-state index in [1.165, 1.54) is 25.7 Å². The molecule has 1 rings (SSSR count). The predicted molar refractivity (Wildman–Crippen MR) is 87.6 cm³/mol. The molecule has 1 N–H and O–H groups in total. The van der Waals surface area contributed by atoms with Gasteiger partial charge in [0.1, 0.15) is 5.82 Å². The monoisotopic (exact) mass is 278 g/mol. The molecule has 1 aromatic heterocycles. The molecule has 0 aliphatic rings. The van der Waals surface area contributed by atoms with Crippen LogP contribution in [0.2, 0.25) is 0 Å². The summed E-state index contributed by atoms with van der Waals surface area (Å²) in [5.74, 6) is 1.83. The molecule has 0 atom stereocenters. The molecular formula is C16H30N4. The Morgan fingerprint density at radius 2 is 1.65 bits per heavy atom. The maximum absolute atomic E-state index is 4.68. The standard InChI is InChI=1S/C16H30N4/c1-5-8-11-20(12-9-6-2)15-13-14(4)18-16(19-15)17-10-7-3/h13H,5-12H2,1-4H3,(H,17,18,19). The molecule has 0 amide bonds. The number of anilines is 2. The fourth-order valence-electron chi connectivity index (χ4n) is 2.07. The SMILES string of the molecule is CCCCN(CCCC)c1cc(C)nc(NCCC)n1. The molecule has 0 unspecified atom stereocenters. The highest BCUT2D eigenvalue weighted by Gasteiger charge is 2.09. The van der Waals surface area contributed by atoms with Gasteiger partial charge in [-0.3, -0.25) is 0 Å². The molecule has 0 aliphatic heterocycles. The Balaban J connectivity index is 2.83. The van der Waals surface area contributed by atoms with Gasteiger partial charge in [0, 0.05) is 31.4 Å². The number of aryl methyl sites for hydroxylation is 1. The highest BCUT2D eigenvalue weighted by atomic mass is 15.2. The fraction of sp³-hybridized carbons (Fsp3) is 0.750. The predicted octanol–water partition coefficient (Wildman–Crippen LogP) is 4.01. The normalized spacial score (nSPS) is 10.6. The lowest BCUT2D eigenvalue weighted by Crippen LogP contribution is -2.27. The molecule has 0 saturated heterocycles. The Labute approximate surface area is 124 Å². The minimum atomic E-state index is 0.764. The lowest BCUT2D eigenvalue weighted by molar-refractivity contribution is 0.670. The molecule has 4 nitrogen and oxygen atoms in total. The van der Waals surface area contributed by atoms with E-state index in [0.29, 0.717) is 0 Å². The van der Waals surface area contributed by atoms with E-state index in [2.05, 4.69) is 47.0 Å². The number of unbranched alkanes of at least 4 members (excludes halogenated alkanes) is 2. The zero-order valence-corrected chi connectivity index (χ0v) is 13.6. The van der Waals surface area contributed by atoms with Gasteiger partial charge in [-0.15, -0.1) is 0 Å². The van der Waals surface area contributed by atoms with Crippen molar-refractivity contribution in [1.29, 1.82) is 0 Å². The molecule has 0 radical (unpaired) electrons. The first kappa shape index (κ1) is 16.7. The summed E-state index contributed by atoms with van der Waals surface area (Å²) in [4.78, 5) is 11.5. The molecule has 0 aliphatic carbocycles. The topological polar surface area (TPSA) is 41.1 Å². The summed E-state index contributed by atoms with van der Waals surface area (Å²) >= 11 is 0. The maximum Gasteiger partial charge on any atom is 0.224 e. The zero-order chi connectivity index (χ0) is 14.8. The van der Waals surface area contributed by atoms with Crippen LogP contribution in [-0.4, -0.2) is 29.6 Å². The largest absolute Gasteiger partial charge is 0.356 e. The van der Waals surface area contributed by atoms with Gasteiger partial charge >= 0.3 is 0 Å². The number of aromatic nitrogens is 2. The van der Waals surface area contributed by atoms with Crippen LogP contribution >= 0.6 is 0 Å². The second kappa shape index (κ2) is 9.56. The van der Waals surface area contributed by atoms with Crippen LogP contribution in [-0.2, 0) is 0 Å². The van der Waals surface area contributed by atoms with Crippen LogP contribution < -0.4 is 10.2 Å². The van der Waals surface area contributed by atoms with Gasteiger partial charge in [0.05, 0.1) is 0 Å². The van der Waals surface area contributed by atoms with Crippen LogP contribution in [0.3, 0.4) is 0 Å². The Morgan fingerprint density at radius 3 is 2.20 bits per heavy atom. The third kappa shape index (κ3) is 5.76. The Bertz CT molecular complexity index is 371. The van der Waals surface area contributed by atoms with Gasteiger partial charge < -0.3 is 10.2 Å². The van der Waals surface area contributed by atoms with Gasteiger partial charge in [0.2, 0.25) is 5.95 Å². The van der Waals surface area contributed by atoms with Gasteiger partial charge in [0.15, 0.2) is 0 Å². The van der Waals surface area contributed by atoms with Crippen molar-refractivity contribution in [3.05, 3.63) is 11.8 Å². The first-order chi connectivity index (χ1) is 9.71. The van der Waals surface area contributed by atoms with Crippen molar-refractivity contribution < 1.29 is 0 Å². The van der Waals surface area contributed by atoms with Crippen molar-refractivity contribution in [3.8, 4) is 0 Å². The first-order valence-corrected chi connectivity index (χ1v) is 8.05. The number of hydrogen-bond donors (Lipinski definition) is 1. The van der Waals surface area contributed by atoms with E-state index in [4.69, 9.17) is 0 Å². The molecule has 1 aromatic rings. The van der Waals surface area contributed by atoms with Crippen molar-refractivity contribution in [1.82, 2.24) is 9.97 Å². The third-order valence-electron chi connectivity index (χ3n) is 3.26. The van der Waals surface area contributed by atoms with Crippen molar-refractivity contribution >= 4 is 11.8 Å². The number of rotatable bonds is 10. The van der Waals surface area contributed by atoms with Gasteiger partial charge in [-0.25, -0.2) is 4.98 Å². The Morgan fingerprint density at radius 1 is 1.00 bits per heavy atom. The average molecular weight is 278 g/mol. The van der Waals surface area contributed by atoms with Gasteiger partial charge in [-0.1, -0.05) is 33.6 Å². The van der Waals surface area contributed by atoms with E-state index in [1.807, 2.05) is 6.92 Å². The van der Waals surface area contributed by atoms with Crippen LogP contribution in [0, 0.1) is 6.92 Å². The van der Waals surface area contributed by atoms with Crippen molar-refractivity contribution in [2.75, 3.05) is 29.9 Å². The minimum absolute atomic E-state index is 0.764. The van der Waals surface area contributed by atoms with Crippen LogP contribution in [0.15, 0.2) is 6.07 Å². The summed E-state index contributed by atoms with van der Waals surface area (Å²) in [6, 6.07) is 2.10. The van der Waals surface area contributed by atoms with E-state index in [9.17, 15) is 0 Å². The van der Waals surface area contributed by atoms with E-state index in [1.54, 1.807) is 0 Å². The molecule has 0 spiro atoms.